The number of hydrogen-bond donors (Lipinski definition) is 1. The van der Waals surface area contributed by atoms with Gasteiger partial charge in [0.15, 0.2) is 0 Å². The van der Waals surface area contributed by atoms with Gasteiger partial charge >= 0.3 is 0 Å². The van der Waals surface area contributed by atoms with E-state index in [0.29, 0.717) is 17.9 Å². The third kappa shape index (κ3) is 3.45. The fourth-order valence-corrected chi connectivity index (χ4v) is 3.08. The van der Waals surface area contributed by atoms with Crippen LogP contribution in [0.15, 0.2) is 79.0 Å². The number of rotatable bonds is 5. The highest BCUT2D eigenvalue weighted by molar-refractivity contribution is 6.03. The van der Waals surface area contributed by atoms with Gasteiger partial charge in [-0.1, -0.05) is 42.5 Å². The summed E-state index contributed by atoms with van der Waals surface area (Å²) in [6, 6.07) is 21.4. The molecule has 0 bridgehead atoms. The van der Waals surface area contributed by atoms with Gasteiger partial charge in [0.25, 0.3) is 11.6 Å². The number of nitrogens with one attached hydrogen (secondary N) is 1. The molecule has 0 spiro atoms. The van der Waals surface area contributed by atoms with Crippen LogP contribution < -0.4 is 5.32 Å². The van der Waals surface area contributed by atoms with E-state index < -0.39 is 4.92 Å². The van der Waals surface area contributed by atoms with E-state index in [4.69, 9.17) is 0 Å². The summed E-state index contributed by atoms with van der Waals surface area (Å²) in [5.41, 5.74) is 1.37. The number of hydrogen-bond acceptors (Lipinski definition) is 4. The molecule has 0 unspecified atom stereocenters. The highest BCUT2D eigenvalue weighted by atomic mass is 16.6. The lowest BCUT2D eigenvalue weighted by atomic mass is 10.0. The maximum atomic E-state index is 12.5. The molecule has 0 aliphatic carbocycles. The molecule has 28 heavy (non-hydrogen) atoms. The number of nitro benzene ring substituents is 1. The lowest BCUT2D eigenvalue weighted by molar-refractivity contribution is -0.384. The Morgan fingerprint density at radius 1 is 1.00 bits per heavy atom. The van der Waals surface area contributed by atoms with Crippen molar-refractivity contribution < 1.29 is 9.72 Å². The van der Waals surface area contributed by atoms with Crippen LogP contribution in [0.5, 0.6) is 0 Å². The third-order valence-corrected chi connectivity index (χ3v) is 4.50. The number of nitrogens with zero attached hydrogens (tertiary/aromatic N) is 3. The van der Waals surface area contributed by atoms with Crippen molar-refractivity contribution in [2.45, 2.75) is 6.54 Å². The van der Waals surface area contributed by atoms with E-state index in [-0.39, 0.29) is 11.6 Å². The highest BCUT2D eigenvalue weighted by Crippen LogP contribution is 2.21. The van der Waals surface area contributed by atoms with Crippen molar-refractivity contribution in [2.24, 2.45) is 0 Å². The van der Waals surface area contributed by atoms with Gasteiger partial charge in [-0.15, -0.1) is 0 Å². The molecule has 4 aromatic rings. The number of carbonyl (C=O) groups is 1. The summed E-state index contributed by atoms with van der Waals surface area (Å²) >= 11 is 0. The van der Waals surface area contributed by atoms with Crippen LogP contribution in [0, 0.1) is 10.1 Å². The van der Waals surface area contributed by atoms with E-state index >= 15 is 0 Å². The van der Waals surface area contributed by atoms with Crippen molar-refractivity contribution in [3.05, 3.63) is 100 Å². The Morgan fingerprint density at radius 3 is 2.54 bits per heavy atom. The molecule has 0 fully saturated rings. The molecule has 0 radical (unpaired) electrons. The maximum Gasteiger partial charge on any atom is 0.269 e. The molecule has 1 heterocycles. The van der Waals surface area contributed by atoms with Gasteiger partial charge in [-0.3, -0.25) is 14.9 Å². The number of amides is 1. The van der Waals surface area contributed by atoms with Crippen molar-refractivity contribution in [3.8, 4) is 0 Å². The fraction of sp³-hybridized carbons (Fsp3) is 0.0476. The number of non-ortho nitro benzene ring substituents is 1. The first-order valence-electron chi connectivity index (χ1n) is 8.66. The Hall–Kier alpha value is -4.00. The van der Waals surface area contributed by atoms with Crippen LogP contribution >= 0.6 is 0 Å². The van der Waals surface area contributed by atoms with Crippen LogP contribution in [0.4, 0.5) is 11.5 Å². The average Bonchev–Trinajstić information content (AvgIpc) is 3.15. The van der Waals surface area contributed by atoms with Gasteiger partial charge in [0, 0.05) is 23.8 Å². The topological polar surface area (TPSA) is 90.1 Å². The number of fused-ring (bicyclic) bond motifs is 1. The smallest absolute Gasteiger partial charge is 0.269 e. The fourth-order valence-electron chi connectivity index (χ4n) is 3.08. The van der Waals surface area contributed by atoms with Crippen LogP contribution in [0.3, 0.4) is 0 Å². The van der Waals surface area contributed by atoms with Gasteiger partial charge in [-0.05, 0) is 28.5 Å². The molecule has 7 nitrogen and oxygen atoms in total. The van der Waals surface area contributed by atoms with Crippen molar-refractivity contribution in [3.63, 3.8) is 0 Å². The van der Waals surface area contributed by atoms with E-state index in [2.05, 4.69) is 28.6 Å². The Labute approximate surface area is 160 Å². The lowest BCUT2D eigenvalue weighted by Gasteiger charge is -2.11. The largest absolute Gasteiger partial charge is 0.307 e. The quantitative estimate of drug-likeness (QED) is 0.419. The van der Waals surface area contributed by atoms with Gasteiger partial charge in [0.2, 0.25) is 0 Å². The molecule has 138 valence electrons. The van der Waals surface area contributed by atoms with Gasteiger partial charge < -0.3 is 5.32 Å². The molecule has 1 N–H and O–H groups in total. The molecule has 7 heteroatoms. The van der Waals surface area contributed by atoms with E-state index in [9.17, 15) is 14.9 Å². The molecule has 1 amide bonds. The molecule has 0 aliphatic rings. The highest BCUT2D eigenvalue weighted by Gasteiger charge is 2.12. The molecular weight excluding hydrogens is 356 g/mol. The second-order valence-corrected chi connectivity index (χ2v) is 6.27. The Balaban J connectivity index is 1.55. The second-order valence-electron chi connectivity index (χ2n) is 6.27. The van der Waals surface area contributed by atoms with Gasteiger partial charge in [0.05, 0.1) is 17.7 Å². The summed E-state index contributed by atoms with van der Waals surface area (Å²) in [4.78, 5) is 22.7. The minimum absolute atomic E-state index is 0.0578. The minimum Gasteiger partial charge on any atom is -0.307 e. The Bertz CT molecular complexity index is 1160. The molecule has 0 atom stereocenters. The van der Waals surface area contributed by atoms with Crippen LogP contribution in [-0.4, -0.2) is 20.6 Å². The van der Waals surface area contributed by atoms with E-state index in [1.54, 1.807) is 16.9 Å². The SMILES string of the molecule is O=C(Nc1ccnn1Cc1cccc2ccccc12)c1ccc([N+](=O)[O-])cc1. The van der Waals surface area contributed by atoms with Gasteiger partial charge in [-0.2, -0.15) is 5.10 Å². The number of carbonyl (C=O) groups excluding carboxylic acids is 1. The van der Waals surface area contributed by atoms with Gasteiger partial charge in [-0.25, -0.2) is 4.68 Å². The first-order valence-corrected chi connectivity index (χ1v) is 8.66. The van der Waals surface area contributed by atoms with Crippen molar-refractivity contribution in [1.29, 1.82) is 0 Å². The first-order chi connectivity index (χ1) is 13.6. The van der Waals surface area contributed by atoms with Crippen LogP contribution in [0.25, 0.3) is 10.8 Å². The molecule has 1 aromatic heterocycles. The predicted octanol–water partition coefficient (Wildman–Crippen LogP) is 4.25. The Kier molecular flexibility index (Phi) is 4.55. The standard InChI is InChI=1S/C21H16N4O3/c26-21(16-8-10-18(11-9-16)25(27)28)23-20-12-13-22-24(20)14-17-6-3-5-15-4-1-2-7-19(15)17/h1-13H,14H2,(H,23,26). The molecular formula is C21H16N4O3. The zero-order chi connectivity index (χ0) is 19.5. The third-order valence-electron chi connectivity index (χ3n) is 4.50. The number of nitro groups is 1. The summed E-state index contributed by atoms with van der Waals surface area (Å²) in [5, 5.41) is 20.1. The summed E-state index contributed by atoms with van der Waals surface area (Å²) in [7, 11) is 0. The summed E-state index contributed by atoms with van der Waals surface area (Å²) < 4.78 is 1.71. The predicted molar refractivity (Wildman–Crippen MR) is 106 cm³/mol. The second kappa shape index (κ2) is 7.32. The van der Waals surface area contributed by atoms with Crippen LogP contribution in [0.1, 0.15) is 15.9 Å². The number of aromatic nitrogens is 2. The first kappa shape index (κ1) is 17.4. The molecule has 0 aliphatic heterocycles. The molecule has 3 aromatic carbocycles. The summed E-state index contributed by atoms with van der Waals surface area (Å²) in [6.45, 7) is 0.504. The van der Waals surface area contributed by atoms with E-state index in [1.165, 1.54) is 24.3 Å². The van der Waals surface area contributed by atoms with E-state index in [1.807, 2.05) is 24.3 Å². The molecule has 0 saturated heterocycles. The Morgan fingerprint density at radius 2 is 1.75 bits per heavy atom. The monoisotopic (exact) mass is 372 g/mol. The van der Waals surface area contributed by atoms with Gasteiger partial charge in [0.1, 0.15) is 5.82 Å². The van der Waals surface area contributed by atoms with Crippen molar-refractivity contribution >= 4 is 28.2 Å². The molecule has 4 rings (SSSR count). The van der Waals surface area contributed by atoms with Crippen molar-refractivity contribution in [1.82, 2.24) is 9.78 Å². The van der Waals surface area contributed by atoms with E-state index in [0.717, 1.165) is 16.3 Å². The number of benzene rings is 3. The normalized spacial score (nSPS) is 10.7. The summed E-state index contributed by atoms with van der Waals surface area (Å²) in [5.74, 6) is 0.200. The maximum absolute atomic E-state index is 12.5. The van der Waals surface area contributed by atoms with Crippen molar-refractivity contribution in [2.75, 3.05) is 5.32 Å². The lowest BCUT2D eigenvalue weighted by Crippen LogP contribution is -2.16. The van der Waals surface area contributed by atoms with Crippen LogP contribution in [0.2, 0.25) is 0 Å². The van der Waals surface area contributed by atoms with Crippen LogP contribution in [-0.2, 0) is 6.54 Å². The summed E-state index contributed by atoms with van der Waals surface area (Å²) in [6.07, 6.45) is 1.62. The zero-order valence-corrected chi connectivity index (χ0v) is 14.8. The zero-order valence-electron chi connectivity index (χ0n) is 14.8. The number of anilines is 1. The minimum atomic E-state index is -0.499. The molecule has 0 saturated carbocycles. The average molecular weight is 372 g/mol.